The van der Waals surface area contributed by atoms with Crippen LogP contribution in [0.15, 0.2) is 12.0 Å². The first-order valence-corrected chi connectivity index (χ1v) is 5.51. The number of hydrogen-bond acceptors (Lipinski definition) is 5. The van der Waals surface area contributed by atoms with Crippen molar-refractivity contribution in [3.63, 3.8) is 0 Å². The molecule has 1 heterocycles. The highest BCUT2D eigenvalue weighted by molar-refractivity contribution is 7.17. The fraction of sp³-hybridized carbons (Fsp3) is 0.400. The second-order valence-electron chi connectivity index (χ2n) is 3.45. The van der Waals surface area contributed by atoms with Gasteiger partial charge in [0, 0.05) is 27.3 Å². The normalized spacial score (nSPS) is 11.4. The van der Waals surface area contributed by atoms with Crippen LogP contribution >= 0.6 is 11.3 Å². The molecule has 16 heavy (non-hydrogen) atoms. The van der Waals surface area contributed by atoms with Crippen molar-refractivity contribution in [2.45, 2.75) is 6.92 Å². The van der Waals surface area contributed by atoms with Gasteiger partial charge in [0.15, 0.2) is 11.0 Å². The lowest BCUT2D eigenvalue weighted by molar-refractivity contribution is 0.100. The van der Waals surface area contributed by atoms with Crippen LogP contribution in [0.4, 0.5) is 9.52 Å². The molecule has 6 heteroatoms. The van der Waals surface area contributed by atoms with Gasteiger partial charge in [0.25, 0.3) is 0 Å². The van der Waals surface area contributed by atoms with Gasteiger partial charge in [-0.15, -0.1) is 0 Å². The van der Waals surface area contributed by atoms with Gasteiger partial charge < -0.3 is 10.2 Å². The van der Waals surface area contributed by atoms with Crippen molar-refractivity contribution in [2.24, 2.45) is 0 Å². The molecular formula is C10H14FN3OS. The Balaban J connectivity index is 3.00. The summed E-state index contributed by atoms with van der Waals surface area (Å²) in [6, 6.07) is 0. The van der Waals surface area contributed by atoms with Gasteiger partial charge in [-0.05, 0) is 6.92 Å². The number of nitrogens with zero attached hydrogens (tertiary/aromatic N) is 2. The van der Waals surface area contributed by atoms with E-state index in [0.717, 1.165) is 17.5 Å². The second-order valence-corrected chi connectivity index (χ2v) is 4.45. The number of ketones is 1. The quantitative estimate of drug-likeness (QED) is 0.649. The molecule has 0 atom stereocenters. The van der Waals surface area contributed by atoms with Crippen molar-refractivity contribution < 1.29 is 9.18 Å². The van der Waals surface area contributed by atoms with Gasteiger partial charge in [-0.25, -0.2) is 9.37 Å². The number of carbonyl (C=O) groups excluding carboxylic acids is 1. The van der Waals surface area contributed by atoms with Crippen LogP contribution in [0.2, 0.25) is 0 Å². The standard InChI is InChI=1S/C10H14FN3OS/c1-6-9(16-10(12-2)13-6)8(15)7(11)5-14(3)4/h5H,1-4H3,(H,12,13)/b7-5-. The summed E-state index contributed by atoms with van der Waals surface area (Å²) in [4.78, 5) is 17.6. The van der Waals surface area contributed by atoms with Crippen LogP contribution in [0.25, 0.3) is 0 Å². The Morgan fingerprint density at radius 3 is 2.62 bits per heavy atom. The van der Waals surface area contributed by atoms with E-state index in [-0.39, 0.29) is 0 Å². The van der Waals surface area contributed by atoms with Gasteiger partial charge in [0.05, 0.1) is 5.69 Å². The molecule has 0 amide bonds. The first-order chi connectivity index (χ1) is 7.45. The van der Waals surface area contributed by atoms with Crippen LogP contribution in [0, 0.1) is 6.92 Å². The Morgan fingerprint density at radius 2 is 2.19 bits per heavy atom. The number of aryl methyl sites for hydroxylation is 1. The molecule has 0 spiro atoms. The van der Waals surface area contributed by atoms with E-state index in [2.05, 4.69) is 10.3 Å². The lowest BCUT2D eigenvalue weighted by Crippen LogP contribution is -2.07. The molecule has 0 aromatic carbocycles. The maximum atomic E-state index is 13.5. The van der Waals surface area contributed by atoms with Crippen LogP contribution < -0.4 is 5.32 Å². The summed E-state index contributed by atoms with van der Waals surface area (Å²) in [5.74, 6) is -1.40. The minimum Gasteiger partial charge on any atom is -0.381 e. The highest BCUT2D eigenvalue weighted by atomic mass is 32.1. The van der Waals surface area contributed by atoms with Crippen molar-refractivity contribution in [2.75, 3.05) is 26.5 Å². The molecule has 0 radical (unpaired) electrons. The number of hydrogen-bond donors (Lipinski definition) is 1. The Hall–Kier alpha value is -1.43. The summed E-state index contributed by atoms with van der Waals surface area (Å²) < 4.78 is 13.5. The minimum atomic E-state index is -0.778. The van der Waals surface area contributed by atoms with Gasteiger partial charge in [0.1, 0.15) is 4.88 Å². The molecule has 0 saturated heterocycles. The van der Waals surface area contributed by atoms with Crippen molar-refractivity contribution in [3.8, 4) is 0 Å². The highest BCUT2D eigenvalue weighted by Crippen LogP contribution is 2.25. The maximum Gasteiger partial charge on any atom is 0.234 e. The van der Waals surface area contributed by atoms with Crippen LogP contribution in [0.5, 0.6) is 0 Å². The van der Waals surface area contributed by atoms with E-state index in [1.54, 1.807) is 28.1 Å². The summed E-state index contributed by atoms with van der Waals surface area (Å²) in [6.07, 6.45) is 1.15. The molecule has 0 saturated carbocycles. The number of anilines is 1. The average molecular weight is 243 g/mol. The van der Waals surface area contributed by atoms with Crippen molar-refractivity contribution in [1.82, 2.24) is 9.88 Å². The van der Waals surface area contributed by atoms with Gasteiger partial charge in [-0.2, -0.15) is 0 Å². The Kier molecular flexibility index (Phi) is 4.00. The Bertz CT molecular complexity index is 426. The highest BCUT2D eigenvalue weighted by Gasteiger charge is 2.19. The SMILES string of the molecule is CNc1nc(C)c(C(=O)/C(F)=C/N(C)C)s1. The number of halogens is 1. The van der Waals surface area contributed by atoms with E-state index in [1.807, 2.05) is 0 Å². The van der Waals surface area contributed by atoms with E-state index >= 15 is 0 Å². The molecular weight excluding hydrogens is 229 g/mol. The second kappa shape index (κ2) is 5.07. The molecule has 1 aromatic rings. The lowest BCUT2D eigenvalue weighted by atomic mass is 10.2. The predicted octanol–water partition coefficient (Wildman–Crippen LogP) is 2.05. The molecule has 1 aromatic heterocycles. The molecule has 0 bridgehead atoms. The molecule has 1 N–H and O–H groups in total. The number of rotatable bonds is 4. The topological polar surface area (TPSA) is 45.2 Å². The monoisotopic (exact) mass is 243 g/mol. The zero-order valence-electron chi connectivity index (χ0n) is 9.67. The number of allylic oxidation sites excluding steroid dienone is 1. The summed E-state index contributed by atoms with van der Waals surface area (Å²) >= 11 is 1.15. The van der Waals surface area contributed by atoms with E-state index < -0.39 is 11.6 Å². The van der Waals surface area contributed by atoms with E-state index in [0.29, 0.717) is 15.7 Å². The predicted molar refractivity (Wildman–Crippen MR) is 63.6 cm³/mol. The average Bonchev–Trinajstić information content (AvgIpc) is 2.57. The van der Waals surface area contributed by atoms with Crippen molar-refractivity contribution in [1.29, 1.82) is 0 Å². The third-order valence-electron chi connectivity index (χ3n) is 1.81. The zero-order valence-corrected chi connectivity index (χ0v) is 10.5. The number of Topliss-reactive ketones (excluding diaryl/α,β-unsaturated/α-hetero) is 1. The number of nitrogens with one attached hydrogen (secondary N) is 1. The Labute approximate surface area is 97.8 Å². The number of thiazole rings is 1. The van der Waals surface area contributed by atoms with Gasteiger partial charge in [-0.1, -0.05) is 11.3 Å². The third kappa shape index (κ3) is 2.79. The molecule has 0 fully saturated rings. The smallest absolute Gasteiger partial charge is 0.234 e. The van der Waals surface area contributed by atoms with Gasteiger partial charge >= 0.3 is 0 Å². The van der Waals surface area contributed by atoms with E-state index in [9.17, 15) is 9.18 Å². The van der Waals surface area contributed by atoms with Crippen molar-refractivity contribution >= 4 is 22.3 Å². The molecule has 0 aliphatic heterocycles. The van der Waals surface area contributed by atoms with Gasteiger partial charge in [-0.3, -0.25) is 4.79 Å². The summed E-state index contributed by atoms with van der Waals surface area (Å²) in [6.45, 7) is 1.69. The molecule has 88 valence electrons. The molecule has 0 aliphatic rings. The fourth-order valence-corrected chi connectivity index (χ4v) is 1.97. The fourth-order valence-electron chi connectivity index (χ4n) is 1.11. The van der Waals surface area contributed by atoms with Gasteiger partial charge in [0.2, 0.25) is 5.78 Å². The van der Waals surface area contributed by atoms with E-state index in [4.69, 9.17) is 0 Å². The van der Waals surface area contributed by atoms with Crippen LogP contribution in [-0.4, -0.2) is 36.8 Å². The first kappa shape index (κ1) is 12.6. The van der Waals surface area contributed by atoms with Crippen LogP contribution in [0.3, 0.4) is 0 Å². The third-order valence-corrected chi connectivity index (χ3v) is 2.98. The van der Waals surface area contributed by atoms with Crippen LogP contribution in [-0.2, 0) is 0 Å². The van der Waals surface area contributed by atoms with Crippen LogP contribution in [0.1, 0.15) is 15.4 Å². The maximum absolute atomic E-state index is 13.5. The molecule has 1 rings (SSSR count). The van der Waals surface area contributed by atoms with Crippen molar-refractivity contribution in [3.05, 3.63) is 22.6 Å². The summed E-state index contributed by atoms with van der Waals surface area (Å²) in [5.41, 5.74) is 0.543. The van der Waals surface area contributed by atoms with E-state index in [1.165, 1.54) is 4.90 Å². The first-order valence-electron chi connectivity index (χ1n) is 4.69. The molecule has 4 nitrogen and oxygen atoms in total. The molecule has 0 unspecified atom stereocenters. The lowest BCUT2D eigenvalue weighted by Gasteiger charge is -2.04. The zero-order chi connectivity index (χ0) is 12.3. The summed E-state index contributed by atoms with van der Waals surface area (Å²) in [7, 11) is 5.02. The minimum absolute atomic E-state index is 0.333. The summed E-state index contributed by atoms with van der Waals surface area (Å²) in [5, 5.41) is 3.44. The Morgan fingerprint density at radius 1 is 1.56 bits per heavy atom. The number of aromatic nitrogens is 1. The largest absolute Gasteiger partial charge is 0.381 e. The number of carbonyl (C=O) groups is 1. The molecule has 0 aliphatic carbocycles.